The van der Waals surface area contributed by atoms with Crippen molar-refractivity contribution in [2.24, 2.45) is 10.4 Å². The molecule has 220 valence electrons. The summed E-state index contributed by atoms with van der Waals surface area (Å²) in [6.07, 6.45) is 1.64. The summed E-state index contributed by atoms with van der Waals surface area (Å²) in [6.45, 7) is 4.90. The predicted octanol–water partition coefficient (Wildman–Crippen LogP) is 7.31. The molecule has 1 saturated heterocycles. The smallest absolute Gasteiger partial charge is 0.255 e. The molecule has 2 amide bonds. The van der Waals surface area contributed by atoms with Crippen LogP contribution in [0.1, 0.15) is 60.1 Å². The fourth-order valence-corrected chi connectivity index (χ4v) is 6.87. The van der Waals surface area contributed by atoms with Gasteiger partial charge in [0.05, 0.1) is 29.3 Å². The minimum atomic E-state index is -0.682. The lowest BCUT2D eigenvalue weighted by Crippen LogP contribution is -2.57. The monoisotopic (exact) mass is 613 g/mol. The summed E-state index contributed by atoms with van der Waals surface area (Å²) in [7, 11) is 1.54. The van der Waals surface area contributed by atoms with E-state index in [-0.39, 0.29) is 23.8 Å². The maximum Gasteiger partial charge on any atom is 0.255 e. The number of piperidine rings is 1. The number of nitrogens with one attached hydrogen (secondary N) is 3. The van der Waals surface area contributed by atoms with Gasteiger partial charge < -0.3 is 20.7 Å². The van der Waals surface area contributed by atoms with E-state index in [2.05, 4.69) is 41.1 Å². The van der Waals surface area contributed by atoms with Crippen LogP contribution in [0.2, 0.25) is 5.02 Å². The lowest BCUT2D eigenvalue weighted by molar-refractivity contribution is -0.127. The van der Waals surface area contributed by atoms with Gasteiger partial charge in [-0.15, -0.1) is 11.3 Å². The van der Waals surface area contributed by atoms with Gasteiger partial charge in [0, 0.05) is 34.7 Å². The molecule has 3 aliphatic rings. The van der Waals surface area contributed by atoms with E-state index in [9.17, 15) is 9.59 Å². The Kier molecular flexibility index (Phi) is 7.94. The number of aliphatic imine (C=N–C) groups is 1. The van der Waals surface area contributed by atoms with Crippen LogP contribution in [0, 0.1) is 5.41 Å². The Bertz CT molecular complexity index is 1740. The summed E-state index contributed by atoms with van der Waals surface area (Å²) in [5.74, 6) is 1.21. The second-order valence-electron chi connectivity index (χ2n) is 11.0. The lowest BCUT2D eigenvalue weighted by atomic mass is 9.61. The number of benzene rings is 3. The third-order valence-corrected chi connectivity index (χ3v) is 9.20. The number of hydrogen-bond acceptors (Lipinski definition) is 6. The van der Waals surface area contributed by atoms with E-state index in [1.807, 2.05) is 30.5 Å². The molecule has 0 radical (unpaired) electrons. The molecule has 7 rings (SSSR count). The fourth-order valence-electron chi connectivity index (χ4n) is 5.90. The van der Waals surface area contributed by atoms with E-state index in [0.717, 1.165) is 29.9 Å². The largest absolute Gasteiger partial charge is 0.495 e. The van der Waals surface area contributed by atoms with Crippen LogP contribution in [0.15, 0.2) is 77.1 Å². The third kappa shape index (κ3) is 5.50. The van der Waals surface area contributed by atoms with Gasteiger partial charge in [-0.05, 0) is 61.2 Å². The van der Waals surface area contributed by atoms with Gasteiger partial charge in [-0.2, -0.15) is 0 Å². The van der Waals surface area contributed by atoms with E-state index in [1.165, 1.54) is 24.0 Å². The number of carbonyl (C=O) groups is 2. The van der Waals surface area contributed by atoms with Crippen LogP contribution in [0.3, 0.4) is 0 Å². The highest BCUT2D eigenvalue weighted by molar-refractivity contribution is 7.14. The van der Waals surface area contributed by atoms with Crippen molar-refractivity contribution < 1.29 is 14.3 Å². The molecule has 1 unspecified atom stereocenters. The van der Waals surface area contributed by atoms with Gasteiger partial charge in [-0.3, -0.25) is 14.6 Å². The zero-order chi connectivity index (χ0) is 30.1. The molecule has 3 atom stereocenters. The number of rotatable bonds is 8. The number of anilines is 2. The number of hydrogen-bond donors (Lipinski definition) is 3. The molecule has 2 bridgehead atoms. The van der Waals surface area contributed by atoms with E-state index in [1.54, 1.807) is 30.3 Å². The first-order chi connectivity index (χ1) is 20.8. The van der Waals surface area contributed by atoms with Crippen molar-refractivity contribution in [3.05, 3.63) is 93.8 Å². The maximum absolute atomic E-state index is 13.8. The van der Waals surface area contributed by atoms with Gasteiger partial charge in [-0.25, -0.2) is 4.98 Å². The zero-order valence-corrected chi connectivity index (χ0v) is 25.7. The molecule has 0 saturated carbocycles. The van der Waals surface area contributed by atoms with Crippen molar-refractivity contribution in [2.45, 2.75) is 38.6 Å². The summed E-state index contributed by atoms with van der Waals surface area (Å²) in [6, 6.07) is 20.4. The number of halogens is 1. The first-order valence-electron chi connectivity index (χ1n) is 14.2. The number of carbonyl (C=O) groups excluding carboxylic acids is 2. The van der Waals surface area contributed by atoms with Gasteiger partial charge in [0.25, 0.3) is 5.91 Å². The fraction of sp³-hybridized carbons (Fsp3) is 0.273. The van der Waals surface area contributed by atoms with Crippen LogP contribution in [0.25, 0.3) is 11.3 Å². The Morgan fingerprint density at radius 3 is 2.70 bits per heavy atom. The van der Waals surface area contributed by atoms with Crippen LogP contribution in [-0.2, 0) is 4.79 Å². The van der Waals surface area contributed by atoms with Crippen molar-refractivity contribution in [2.75, 3.05) is 24.3 Å². The molecule has 1 fully saturated rings. The summed E-state index contributed by atoms with van der Waals surface area (Å²) in [5, 5.41) is 12.4. The van der Waals surface area contributed by atoms with Gasteiger partial charge in [0.15, 0.2) is 5.13 Å². The van der Waals surface area contributed by atoms with Crippen molar-refractivity contribution in [3.63, 3.8) is 0 Å². The minimum Gasteiger partial charge on any atom is -0.495 e. The van der Waals surface area contributed by atoms with Crippen molar-refractivity contribution in [3.8, 4) is 17.0 Å². The van der Waals surface area contributed by atoms with Gasteiger partial charge in [-0.1, -0.05) is 54.9 Å². The first-order valence-corrected chi connectivity index (χ1v) is 15.5. The van der Waals surface area contributed by atoms with Gasteiger partial charge >= 0.3 is 0 Å². The molecule has 10 heteroatoms. The lowest BCUT2D eigenvalue weighted by Gasteiger charge is -2.50. The Labute approximate surface area is 259 Å². The van der Waals surface area contributed by atoms with Crippen LogP contribution >= 0.6 is 22.9 Å². The van der Waals surface area contributed by atoms with Crippen LogP contribution in [0.5, 0.6) is 5.75 Å². The first kappa shape index (κ1) is 28.9. The quantitative estimate of drug-likeness (QED) is 0.193. The number of ether oxygens (including phenoxy) is 1. The number of aromatic nitrogens is 1. The normalized spacial score (nSPS) is 21.2. The molecule has 4 aromatic rings. The number of nitrogens with zero attached hydrogens (tertiary/aromatic N) is 2. The molecule has 1 aromatic heterocycles. The minimum absolute atomic E-state index is 0.0539. The van der Waals surface area contributed by atoms with E-state index in [0.29, 0.717) is 39.3 Å². The van der Waals surface area contributed by atoms with E-state index >= 15 is 0 Å². The number of amides is 2. The Morgan fingerprint density at radius 1 is 1.12 bits per heavy atom. The van der Waals surface area contributed by atoms with Crippen molar-refractivity contribution in [1.82, 2.24) is 10.3 Å². The Morgan fingerprint density at radius 2 is 1.93 bits per heavy atom. The number of methoxy groups -OCH3 is 1. The highest BCUT2D eigenvalue weighted by Gasteiger charge is 2.54. The van der Waals surface area contributed by atoms with Gasteiger partial charge in [0.2, 0.25) is 5.91 Å². The molecule has 2 aliphatic heterocycles. The second kappa shape index (κ2) is 11.8. The molecule has 8 nitrogen and oxygen atoms in total. The van der Waals surface area contributed by atoms with Crippen LogP contribution in [0.4, 0.5) is 10.8 Å². The number of thiazole rings is 1. The molecular formula is C33H32ClN5O3S. The summed E-state index contributed by atoms with van der Waals surface area (Å²) in [5.41, 5.74) is 4.20. The Balaban J connectivity index is 1.18. The molecular weight excluding hydrogens is 582 g/mol. The maximum atomic E-state index is 13.8. The summed E-state index contributed by atoms with van der Waals surface area (Å²) in [4.78, 5) is 36.3. The molecule has 0 spiro atoms. The zero-order valence-electron chi connectivity index (χ0n) is 24.1. The van der Waals surface area contributed by atoms with Crippen molar-refractivity contribution in [1.29, 1.82) is 0 Å². The predicted molar refractivity (Wildman–Crippen MR) is 173 cm³/mol. The summed E-state index contributed by atoms with van der Waals surface area (Å²) >= 11 is 7.56. The van der Waals surface area contributed by atoms with E-state index < -0.39 is 5.41 Å². The Hall–Kier alpha value is -4.21. The highest BCUT2D eigenvalue weighted by Crippen LogP contribution is 2.53. The van der Waals surface area contributed by atoms with Gasteiger partial charge in [0.1, 0.15) is 11.6 Å². The highest BCUT2D eigenvalue weighted by atomic mass is 35.5. The SMILES string of the molecule is CCCN=C1NC2c3ccccc3[C@@H]1C[C@]2(C)C(=O)Nc1nc(-c2cccc(C(=O)Nc3ccc(OC)c(Cl)c3)c2)cs1. The standard InChI is InChI=1S/C33H32ClN5O3S/c1-4-14-35-29-24-17-33(2,28(38-29)23-11-6-5-10-22(23)24)31(41)39-32-37-26(18-43-32)19-8-7-9-20(15-19)30(40)36-21-12-13-27(42-3)25(34)16-21/h5-13,15-16,18,24,28H,4,14,17H2,1-3H3,(H,35,38)(H,36,40)(H,37,39,41)/t24-,28?,33-/m0/s1. The summed E-state index contributed by atoms with van der Waals surface area (Å²) < 4.78 is 5.18. The van der Waals surface area contributed by atoms with Crippen LogP contribution in [-0.4, -0.2) is 36.3 Å². The number of amidine groups is 1. The average Bonchev–Trinajstić information content (AvgIpc) is 3.49. The molecule has 1 aliphatic carbocycles. The van der Waals surface area contributed by atoms with Crippen molar-refractivity contribution >= 4 is 51.4 Å². The molecule has 3 aromatic carbocycles. The van der Waals surface area contributed by atoms with E-state index in [4.69, 9.17) is 26.3 Å². The molecule has 3 N–H and O–H groups in total. The van der Waals surface area contributed by atoms with Crippen LogP contribution < -0.4 is 20.7 Å². The molecule has 3 heterocycles. The number of fused-ring (bicyclic) bond motifs is 2. The average molecular weight is 614 g/mol. The topological polar surface area (TPSA) is 105 Å². The second-order valence-corrected chi connectivity index (χ2v) is 12.3. The molecule has 43 heavy (non-hydrogen) atoms. The third-order valence-electron chi connectivity index (χ3n) is 8.15.